The van der Waals surface area contributed by atoms with Crippen molar-refractivity contribution >= 4 is 11.7 Å². The fourth-order valence-electron chi connectivity index (χ4n) is 2.34. The number of amides is 2. The van der Waals surface area contributed by atoms with Crippen molar-refractivity contribution in [3.63, 3.8) is 0 Å². The number of hydrogen-bond acceptors (Lipinski definition) is 3. The molecule has 0 saturated carbocycles. The van der Waals surface area contributed by atoms with Gasteiger partial charge in [0.2, 0.25) is 0 Å². The van der Waals surface area contributed by atoms with E-state index in [9.17, 15) is 4.79 Å². The minimum Gasteiger partial charge on any atom is -0.497 e. The minimum absolute atomic E-state index is 0.123. The maximum absolute atomic E-state index is 12.1. The summed E-state index contributed by atoms with van der Waals surface area (Å²) in [6.45, 7) is 5.98. The molecule has 1 saturated heterocycles. The van der Waals surface area contributed by atoms with Crippen molar-refractivity contribution in [3.8, 4) is 5.75 Å². The van der Waals surface area contributed by atoms with Gasteiger partial charge in [0.15, 0.2) is 0 Å². The van der Waals surface area contributed by atoms with Crippen LogP contribution in [0.1, 0.15) is 6.92 Å². The molecule has 0 aromatic heterocycles. The maximum atomic E-state index is 12.1. The predicted octanol–water partition coefficient (Wildman–Crippen LogP) is 1.89. The van der Waals surface area contributed by atoms with E-state index in [0.29, 0.717) is 0 Å². The number of benzene rings is 1. The fourth-order valence-corrected chi connectivity index (χ4v) is 2.34. The average molecular weight is 277 g/mol. The number of urea groups is 1. The summed E-state index contributed by atoms with van der Waals surface area (Å²) in [6.07, 6.45) is 0. The number of anilines is 1. The second-order valence-corrected chi connectivity index (χ2v) is 4.97. The molecule has 1 aliphatic rings. The summed E-state index contributed by atoms with van der Waals surface area (Å²) in [5.74, 6) is 0.867. The lowest BCUT2D eigenvalue weighted by atomic mass is 10.2. The molecule has 1 heterocycles. The molecule has 1 aromatic rings. The van der Waals surface area contributed by atoms with Crippen LogP contribution >= 0.6 is 0 Å². The van der Waals surface area contributed by atoms with E-state index in [2.05, 4.69) is 11.0 Å². The molecule has 5 heteroatoms. The molecule has 2 amide bonds. The molecule has 1 fully saturated rings. The molecule has 20 heavy (non-hydrogen) atoms. The summed E-state index contributed by atoms with van der Waals surface area (Å²) < 4.78 is 5.25. The van der Waals surface area contributed by atoms with Crippen molar-refractivity contribution in [1.82, 2.24) is 9.80 Å². The molecule has 0 aliphatic carbocycles. The van der Waals surface area contributed by atoms with Crippen molar-refractivity contribution in [1.29, 1.82) is 0 Å². The van der Waals surface area contributed by atoms with Crippen LogP contribution in [0.3, 0.4) is 0 Å². The highest BCUT2D eigenvalue weighted by Crippen LogP contribution is 2.22. The highest BCUT2D eigenvalue weighted by molar-refractivity contribution is 5.74. The van der Waals surface area contributed by atoms with E-state index < -0.39 is 0 Å². The fraction of sp³-hybridized carbons (Fsp3) is 0.533. The number of methoxy groups -OCH3 is 1. The second-order valence-electron chi connectivity index (χ2n) is 4.97. The number of carbonyl (C=O) groups excluding carboxylic acids is 1. The second kappa shape index (κ2) is 6.50. The number of ether oxygens (including phenoxy) is 1. The van der Waals surface area contributed by atoms with Gasteiger partial charge in [0.05, 0.1) is 7.11 Å². The Labute approximate surface area is 120 Å². The molecule has 0 radical (unpaired) electrons. The Morgan fingerprint density at radius 2 is 2.00 bits per heavy atom. The third kappa shape index (κ3) is 3.15. The zero-order valence-electron chi connectivity index (χ0n) is 12.5. The van der Waals surface area contributed by atoms with Crippen molar-refractivity contribution < 1.29 is 9.53 Å². The standard InChI is InChI=1S/C15H23N3O2/c1-4-16(2)15(19)18-10-8-17(9-11-18)13-6-5-7-14(12-13)20-3/h5-7,12H,4,8-11H2,1-3H3. The first-order valence-corrected chi connectivity index (χ1v) is 7.04. The van der Waals surface area contributed by atoms with Crippen LogP contribution in [-0.4, -0.2) is 62.7 Å². The molecular formula is C15H23N3O2. The third-order valence-electron chi connectivity index (χ3n) is 3.77. The summed E-state index contributed by atoms with van der Waals surface area (Å²) >= 11 is 0. The summed E-state index contributed by atoms with van der Waals surface area (Å²) in [4.78, 5) is 18.0. The summed E-state index contributed by atoms with van der Waals surface area (Å²) in [6, 6.07) is 8.18. The van der Waals surface area contributed by atoms with E-state index >= 15 is 0 Å². The van der Waals surface area contributed by atoms with Crippen LogP contribution in [0.15, 0.2) is 24.3 Å². The van der Waals surface area contributed by atoms with Crippen molar-refractivity contribution in [2.45, 2.75) is 6.92 Å². The molecular weight excluding hydrogens is 254 g/mol. The minimum atomic E-state index is 0.123. The van der Waals surface area contributed by atoms with Crippen LogP contribution < -0.4 is 9.64 Å². The van der Waals surface area contributed by atoms with Gasteiger partial charge in [0.25, 0.3) is 0 Å². The lowest BCUT2D eigenvalue weighted by Crippen LogP contribution is -2.52. The lowest BCUT2D eigenvalue weighted by molar-refractivity contribution is 0.161. The van der Waals surface area contributed by atoms with Crippen LogP contribution in [-0.2, 0) is 0 Å². The van der Waals surface area contributed by atoms with Crippen LogP contribution in [0.25, 0.3) is 0 Å². The van der Waals surface area contributed by atoms with Crippen molar-refractivity contribution in [3.05, 3.63) is 24.3 Å². The zero-order chi connectivity index (χ0) is 14.5. The Hall–Kier alpha value is -1.91. The van der Waals surface area contributed by atoms with E-state index in [0.717, 1.165) is 44.2 Å². The van der Waals surface area contributed by atoms with Gasteiger partial charge >= 0.3 is 6.03 Å². The molecule has 0 unspecified atom stereocenters. The smallest absolute Gasteiger partial charge is 0.319 e. The molecule has 1 aromatic carbocycles. The van der Waals surface area contributed by atoms with Gasteiger partial charge in [-0.25, -0.2) is 4.79 Å². The highest BCUT2D eigenvalue weighted by atomic mass is 16.5. The Morgan fingerprint density at radius 3 is 2.60 bits per heavy atom. The molecule has 110 valence electrons. The van der Waals surface area contributed by atoms with Gasteiger partial charge in [-0.3, -0.25) is 0 Å². The van der Waals surface area contributed by atoms with Gasteiger partial charge in [-0.05, 0) is 19.1 Å². The highest BCUT2D eigenvalue weighted by Gasteiger charge is 2.23. The van der Waals surface area contributed by atoms with Gasteiger partial charge in [-0.15, -0.1) is 0 Å². The molecule has 5 nitrogen and oxygen atoms in total. The number of hydrogen-bond donors (Lipinski definition) is 0. The quantitative estimate of drug-likeness (QED) is 0.846. The van der Waals surface area contributed by atoms with E-state index in [4.69, 9.17) is 4.74 Å². The number of rotatable bonds is 3. The number of piperazine rings is 1. The number of carbonyl (C=O) groups is 1. The average Bonchev–Trinajstić information content (AvgIpc) is 2.53. The van der Waals surface area contributed by atoms with E-state index in [1.165, 1.54) is 0 Å². The first kappa shape index (κ1) is 14.5. The van der Waals surface area contributed by atoms with Gasteiger partial charge in [0.1, 0.15) is 5.75 Å². The normalized spacial score (nSPS) is 15.2. The van der Waals surface area contributed by atoms with Crippen LogP contribution in [0.2, 0.25) is 0 Å². The molecule has 0 spiro atoms. The van der Waals surface area contributed by atoms with Gasteiger partial charge in [-0.1, -0.05) is 6.07 Å². The van der Waals surface area contributed by atoms with E-state index in [-0.39, 0.29) is 6.03 Å². The Kier molecular flexibility index (Phi) is 4.71. The van der Waals surface area contributed by atoms with Crippen molar-refractivity contribution in [2.75, 3.05) is 51.8 Å². The van der Waals surface area contributed by atoms with Crippen LogP contribution in [0.5, 0.6) is 5.75 Å². The van der Waals surface area contributed by atoms with Crippen LogP contribution in [0, 0.1) is 0 Å². The first-order valence-electron chi connectivity index (χ1n) is 7.04. The van der Waals surface area contributed by atoms with Crippen LogP contribution in [0.4, 0.5) is 10.5 Å². The first-order chi connectivity index (χ1) is 9.65. The number of nitrogens with zero attached hydrogens (tertiary/aromatic N) is 3. The predicted molar refractivity (Wildman–Crippen MR) is 80.5 cm³/mol. The van der Waals surface area contributed by atoms with Gasteiger partial charge in [-0.2, -0.15) is 0 Å². The van der Waals surface area contributed by atoms with E-state index in [1.807, 2.05) is 37.1 Å². The molecule has 0 N–H and O–H groups in total. The monoisotopic (exact) mass is 277 g/mol. The molecule has 2 rings (SSSR count). The third-order valence-corrected chi connectivity index (χ3v) is 3.77. The Morgan fingerprint density at radius 1 is 1.30 bits per heavy atom. The SMILES string of the molecule is CCN(C)C(=O)N1CCN(c2cccc(OC)c2)CC1. The topological polar surface area (TPSA) is 36.0 Å². The molecule has 1 aliphatic heterocycles. The lowest BCUT2D eigenvalue weighted by Gasteiger charge is -2.37. The van der Waals surface area contributed by atoms with Gasteiger partial charge < -0.3 is 19.4 Å². The van der Waals surface area contributed by atoms with Gasteiger partial charge in [0, 0.05) is 51.5 Å². The van der Waals surface area contributed by atoms with Crippen molar-refractivity contribution in [2.24, 2.45) is 0 Å². The van der Waals surface area contributed by atoms with E-state index in [1.54, 1.807) is 12.0 Å². The zero-order valence-corrected chi connectivity index (χ0v) is 12.5. The summed E-state index contributed by atoms with van der Waals surface area (Å²) in [5, 5.41) is 0. The Bertz CT molecular complexity index is 456. The summed E-state index contributed by atoms with van der Waals surface area (Å²) in [5.41, 5.74) is 1.15. The molecule has 0 bridgehead atoms. The maximum Gasteiger partial charge on any atom is 0.319 e. The largest absolute Gasteiger partial charge is 0.497 e. The summed E-state index contributed by atoms with van der Waals surface area (Å²) in [7, 11) is 3.52. The Balaban J connectivity index is 1.95. The molecule has 0 atom stereocenters.